The van der Waals surface area contributed by atoms with E-state index in [1.165, 1.54) is 6.07 Å². The third kappa shape index (κ3) is 3.77. The van der Waals surface area contributed by atoms with Crippen LogP contribution >= 0.6 is 11.3 Å². The number of hydrogen-bond donors (Lipinski definition) is 1. The number of carboxylic acid groups (broad SMARTS) is 1. The van der Waals surface area contributed by atoms with E-state index < -0.39 is 5.97 Å². The van der Waals surface area contributed by atoms with Crippen molar-refractivity contribution < 1.29 is 19.5 Å². The summed E-state index contributed by atoms with van der Waals surface area (Å²) in [7, 11) is 0. The van der Waals surface area contributed by atoms with Crippen molar-refractivity contribution in [3.8, 4) is 0 Å². The van der Waals surface area contributed by atoms with Gasteiger partial charge in [-0.2, -0.15) is 0 Å². The summed E-state index contributed by atoms with van der Waals surface area (Å²) in [4.78, 5) is 39.7. The Morgan fingerprint density at radius 1 is 1.12 bits per heavy atom. The number of piperidine rings is 2. The highest BCUT2D eigenvalue weighted by Crippen LogP contribution is 2.24. The molecule has 130 valence electrons. The van der Waals surface area contributed by atoms with Gasteiger partial charge in [0.25, 0.3) is 5.91 Å². The van der Waals surface area contributed by atoms with Gasteiger partial charge in [-0.3, -0.25) is 9.59 Å². The van der Waals surface area contributed by atoms with E-state index in [0.717, 1.165) is 50.1 Å². The molecule has 0 unspecified atom stereocenters. The van der Waals surface area contributed by atoms with Gasteiger partial charge < -0.3 is 14.9 Å². The van der Waals surface area contributed by atoms with Crippen molar-refractivity contribution >= 4 is 29.1 Å². The number of amides is 2. The summed E-state index contributed by atoms with van der Waals surface area (Å²) < 4.78 is 0. The van der Waals surface area contributed by atoms with E-state index in [1.807, 2.05) is 4.90 Å². The fourth-order valence-corrected chi connectivity index (χ4v) is 4.22. The molecule has 24 heavy (non-hydrogen) atoms. The van der Waals surface area contributed by atoms with Crippen molar-refractivity contribution in [3.05, 3.63) is 21.9 Å². The Hall–Kier alpha value is -1.89. The first-order valence-electron chi connectivity index (χ1n) is 8.45. The zero-order valence-corrected chi connectivity index (χ0v) is 14.4. The normalized spacial score (nSPS) is 19.6. The minimum atomic E-state index is -0.996. The van der Waals surface area contributed by atoms with E-state index in [1.54, 1.807) is 11.0 Å². The highest BCUT2D eigenvalue weighted by molar-refractivity contribution is 7.15. The van der Waals surface area contributed by atoms with Crippen molar-refractivity contribution in [2.45, 2.75) is 32.1 Å². The molecule has 2 aliphatic rings. The third-order valence-corrected chi connectivity index (χ3v) is 5.89. The first-order chi connectivity index (χ1) is 11.5. The van der Waals surface area contributed by atoms with Crippen LogP contribution in [0.3, 0.4) is 0 Å². The number of nitrogens with zero attached hydrogens (tertiary/aromatic N) is 2. The zero-order valence-electron chi connectivity index (χ0n) is 13.6. The summed E-state index contributed by atoms with van der Waals surface area (Å²) in [5.74, 6) is -0.363. The molecule has 0 saturated carbocycles. The van der Waals surface area contributed by atoms with Crippen LogP contribution in [-0.2, 0) is 4.79 Å². The van der Waals surface area contributed by atoms with Crippen molar-refractivity contribution in [1.82, 2.24) is 9.80 Å². The molecule has 3 heterocycles. The van der Waals surface area contributed by atoms with Gasteiger partial charge in [0.2, 0.25) is 5.91 Å². The lowest BCUT2D eigenvalue weighted by molar-refractivity contribution is -0.134. The summed E-state index contributed by atoms with van der Waals surface area (Å²) >= 11 is 1.03. The van der Waals surface area contributed by atoms with Crippen LogP contribution in [0.15, 0.2) is 12.1 Å². The van der Waals surface area contributed by atoms with E-state index in [9.17, 15) is 14.4 Å². The summed E-state index contributed by atoms with van der Waals surface area (Å²) in [5, 5.41) is 8.96. The van der Waals surface area contributed by atoms with Gasteiger partial charge in [-0.15, -0.1) is 11.3 Å². The molecule has 0 radical (unpaired) electrons. The largest absolute Gasteiger partial charge is 0.477 e. The summed E-state index contributed by atoms with van der Waals surface area (Å²) in [5.41, 5.74) is 0. The number of likely N-dealkylation sites (tertiary alicyclic amines) is 2. The Bertz CT molecular complexity index is 634. The average Bonchev–Trinajstić information content (AvgIpc) is 3.07. The molecular weight excluding hydrogens is 328 g/mol. The number of carboxylic acids is 1. The molecular formula is C17H22N2O4S. The number of aromatic carboxylic acids is 1. The predicted molar refractivity (Wildman–Crippen MR) is 90.3 cm³/mol. The van der Waals surface area contributed by atoms with Gasteiger partial charge in [0.1, 0.15) is 4.88 Å². The minimum Gasteiger partial charge on any atom is -0.477 e. The fourth-order valence-electron chi connectivity index (χ4n) is 3.41. The van der Waals surface area contributed by atoms with Crippen LogP contribution < -0.4 is 0 Å². The van der Waals surface area contributed by atoms with Crippen LogP contribution in [0.1, 0.15) is 51.4 Å². The number of rotatable bonds is 4. The van der Waals surface area contributed by atoms with Gasteiger partial charge in [-0.05, 0) is 43.7 Å². The summed E-state index contributed by atoms with van der Waals surface area (Å²) in [6.45, 7) is 3.02. The Labute approximate surface area is 145 Å². The van der Waals surface area contributed by atoms with E-state index >= 15 is 0 Å². The lowest BCUT2D eigenvalue weighted by Crippen LogP contribution is -2.44. The van der Waals surface area contributed by atoms with Crippen LogP contribution in [0.5, 0.6) is 0 Å². The van der Waals surface area contributed by atoms with Gasteiger partial charge >= 0.3 is 5.97 Å². The maximum atomic E-state index is 12.5. The number of carbonyl (C=O) groups excluding carboxylic acids is 2. The smallest absolute Gasteiger partial charge is 0.345 e. The molecule has 0 spiro atoms. The van der Waals surface area contributed by atoms with Crippen molar-refractivity contribution in [1.29, 1.82) is 0 Å². The second-order valence-corrected chi connectivity index (χ2v) is 7.59. The molecule has 2 fully saturated rings. The molecule has 0 aliphatic carbocycles. The van der Waals surface area contributed by atoms with Gasteiger partial charge in [0, 0.05) is 32.6 Å². The topological polar surface area (TPSA) is 77.9 Å². The Morgan fingerprint density at radius 2 is 1.83 bits per heavy atom. The highest BCUT2D eigenvalue weighted by Gasteiger charge is 2.28. The molecule has 0 atom stereocenters. The second kappa shape index (κ2) is 7.34. The zero-order chi connectivity index (χ0) is 17.1. The fraction of sp³-hybridized carbons (Fsp3) is 0.588. The van der Waals surface area contributed by atoms with E-state index in [0.29, 0.717) is 30.3 Å². The molecule has 2 amide bonds. The molecule has 2 saturated heterocycles. The molecule has 6 nitrogen and oxygen atoms in total. The third-order valence-electron chi connectivity index (χ3n) is 4.83. The molecule has 3 rings (SSSR count). The van der Waals surface area contributed by atoms with Gasteiger partial charge in [0.05, 0.1) is 4.88 Å². The first-order valence-corrected chi connectivity index (χ1v) is 9.26. The van der Waals surface area contributed by atoms with Gasteiger partial charge in [0.15, 0.2) is 0 Å². The maximum absolute atomic E-state index is 12.5. The standard InChI is InChI=1S/C17H22N2O4S/c20-15-3-1-2-8-19(15)11-12-6-9-18(10-7-12)16(21)13-4-5-14(24-13)17(22)23/h4-5,12H,1-3,6-11H2,(H,22,23). The molecule has 0 aromatic carbocycles. The van der Waals surface area contributed by atoms with Crippen LogP contribution in [0.4, 0.5) is 0 Å². The molecule has 1 aromatic heterocycles. The van der Waals surface area contributed by atoms with E-state index in [4.69, 9.17) is 5.11 Å². The van der Waals surface area contributed by atoms with E-state index in [2.05, 4.69) is 0 Å². The lowest BCUT2D eigenvalue weighted by Gasteiger charge is -2.36. The maximum Gasteiger partial charge on any atom is 0.345 e. The number of carbonyl (C=O) groups is 3. The molecule has 2 aliphatic heterocycles. The second-order valence-electron chi connectivity index (χ2n) is 6.50. The van der Waals surface area contributed by atoms with E-state index in [-0.39, 0.29) is 16.7 Å². The predicted octanol–water partition coefficient (Wildman–Crippen LogP) is 2.31. The van der Waals surface area contributed by atoms with Crippen LogP contribution in [-0.4, -0.2) is 58.9 Å². The quantitative estimate of drug-likeness (QED) is 0.904. The summed E-state index contributed by atoms with van der Waals surface area (Å²) in [6, 6.07) is 3.07. The van der Waals surface area contributed by atoms with Crippen LogP contribution in [0, 0.1) is 5.92 Å². The number of hydrogen-bond acceptors (Lipinski definition) is 4. The van der Waals surface area contributed by atoms with Crippen LogP contribution in [0.25, 0.3) is 0 Å². The van der Waals surface area contributed by atoms with Crippen molar-refractivity contribution in [3.63, 3.8) is 0 Å². The Kier molecular flexibility index (Phi) is 5.18. The molecule has 1 aromatic rings. The first kappa shape index (κ1) is 17.0. The average molecular weight is 350 g/mol. The van der Waals surface area contributed by atoms with Gasteiger partial charge in [-0.1, -0.05) is 0 Å². The number of thiophene rings is 1. The Morgan fingerprint density at radius 3 is 2.46 bits per heavy atom. The Balaban J connectivity index is 1.51. The van der Waals surface area contributed by atoms with Gasteiger partial charge in [-0.25, -0.2) is 4.79 Å². The highest BCUT2D eigenvalue weighted by atomic mass is 32.1. The molecule has 7 heteroatoms. The van der Waals surface area contributed by atoms with Crippen molar-refractivity contribution in [2.24, 2.45) is 5.92 Å². The van der Waals surface area contributed by atoms with Crippen LogP contribution in [0.2, 0.25) is 0 Å². The molecule has 1 N–H and O–H groups in total. The lowest BCUT2D eigenvalue weighted by atomic mass is 9.95. The SMILES string of the molecule is O=C(O)c1ccc(C(=O)N2CCC(CN3CCCCC3=O)CC2)s1. The minimum absolute atomic E-state index is 0.0833. The molecule has 0 bridgehead atoms. The van der Waals surface area contributed by atoms with Crippen molar-refractivity contribution in [2.75, 3.05) is 26.2 Å². The monoisotopic (exact) mass is 350 g/mol. The summed E-state index contributed by atoms with van der Waals surface area (Å²) in [6.07, 6.45) is 4.55.